The lowest BCUT2D eigenvalue weighted by Gasteiger charge is -2.23. The number of aliphatic carboxylic acids is 1. The number of likely N-dealkylation sites (N-methyl/N-ethyl adjacent to an activating group) is 1. The molecule has 0 radical (unpaired) electrons. The third-order valence-corrected chi connectivity index (χ3v) is 6.50. The maximum absolute atomic E-state index is 13.4. The molecule has 2 saturated heterocycles. The molecular weight excluding hydrogens is 522 g/mol. The predicted molar refractivity (Wildman–Crippen MR) is 141 cm³/mol. The van der Waals surface area contributed by atoms with E-state index in [0.717, 1.165) is 5.56 Å². The Balaban J connectivity index is 1.43. The highest BCUT2D eigenvalue weighted by Gasteiger charge is 2.56. The molecule has 5 atom stereocenters. The standard InChI is InChI=1S/C26H29N7O7/c1-3-27-26(37)31-22-18-23(29-13-28-22)33(14-30-18)25-21-19(20(40-25)24(36)32(2)12-11-16(34)35)38-17(39-21)10-9-15-7-5-4-6-8-15/h4-10,13-14,17,19-21,25H,3,11-12H2,1-2H3,(H,34,35)(H2,27,28,29,31,37)/b10-9+/t17-,19?,20?,21?,25?/m0/s1. The van der Waals surface area contributed by atoms with Crippen molar-refractivity contribution in [3.63, 3.8) is 0 Å². The van der Waals surface area contributed by atoms with Gasteiger partial charge in [-0.1, -0.05) is 36.4 Å². The molecule has 1 aromatic carbocycles. The van der Waals surface area contributed by atoms with Gasteiger partial charge in [-0.2, -0.15) is 0 Å². The van der Waals surface area contributed by atoms with Gasteiger partial charge in [0.25, 0.3) is 5.91 Å². The third-order valence-electron chi connectivity index (χ3n) is 6.50. The molecule has 2 fully saturated rings. The number of carbonyl (C=O) groups is 3. The van der Waals surface area contributed by atoms with Crippen LogP contribution in [0.3, 0.4) is 0 Å². The van der Waals surface area contributed by atoms with Gasteiger partial charge in [0.05, 0.1) is 12.7 Å². The quantitative estimate of drug-likeness (QED) is 0.355. The molecule has 2 aliphatic rings. The number of carboxylic acid groups (broad SMARTS) is 1. The van der Waals surface area contributed by atoms with Crippen molar-refractivity contribution in [2.45, 2.75) is 44.2 Å². The molecule has 4 unspecified atom stereocenters. The van der Waals surface area contributed by atoms with Crippen LogP contribution in [0, 0.1) is 0 Å². The van der Waals surface area contributed by atoms with Gasteiger partial charge < -0.3 is 29.5 Å². The minimum Gasteiger partial charge on any atom is -0.481 e. The molecule has 3 aromatic rings. The summed E-state index contributed by atoms with van der Waals surface area (Å²) in [4.78, 5) is 50.6. The SMILES string of the molecule is CCNC(=O)Nc1ncnc2c1ncn2C1OC(C(=O)N(C)CCC(=O)O)C2O[C@H](/C=C/c3ccccc3)OC21. The van der Waals surface area contributed by atoms with Crippen LogP contribution < -0.4 is 10.6 Å². The Bertz CT molecular complexity index is 1410. The number of aromatic nitrogens is 4. The van der Waals surface area contributed by atoms with Gasteiger partial charge in [0.15, 0.2) is 35.6 Å². The van der Waals surface area contributed by atoms with E-state index >= 15 is 0 Å². The van der Waals surface area contributed by atoms with E-state index in [-0.39, 0.29) is 18.8 Å². The summed E-state index contributed by atoms with van der Waals surface area (Å²) in [5.74, 6) is -1.25. The number of hydrogen-bond donors (Lipinski definition) is 3. The van der Waals surface area contributed by atoms with Crippen molar-refractivity contribution in [1.29, 1.82) is 0 Å². The van der Waals surface area contributed by atoms with Crippen molar-refractivity contribution >= 4 is 41.0 Å². The number of imidazole rings is 1. The number of carbonyl (C=O) groups excluding carboxylic acids is 2. The number of rotatable bonds is 9. The first kappa shape index (κ1) is 27.2. The van der Waals surface area contributed by atoms with Crippen LogP contribution in [0.2, 0.25) is 0 Å². The van der Waals surface area contributed by atoms with E-state index in [4.69, 9.17) is 19.3 Å². The van der Waals surface area contributed by atoms with E-state index in [1.54, 1.807) is 17.6 Å². The van der Waals surface area contributed by atoms with Crippen LogP contribution in [0.4, 0.5) is 10.6 Å². The van der Waals surface area contributed by atoms with Crippen LogP contribution >= 0.6 is 0 Å². The molecule has 210 valence electrons. The lowest BCUT2D eigenvalue weighted by Crippen LogP contribution is -2.43. The highest BCUT2D eigenvalue weighted by molar-refractivity contribution is 5.95. The number of hydrogen-bond acceptors (Lipinski definition) is 9. The average molecular weight is 552 g/mol. The molecule has 3 N–H and O–H groups in total. The fraction of sp³-hybridized carbons (Fsp3) is 0.385. The van der Waals surface area contributed by atoms with Gasteiger partial charge in [-0.05, 0) is 18.6 Å². The minimum absolute atomic E-state index is 0.00433. The molecule has 0 bridgehead atoms. The number of fused-ring (bicyclic) bond motifs is 2. The first-order chi connectivity index (χ1) is 19.4. The second kappa shape index (κ2) is 11.8. The van der Waals surface area contributed by atoms with E-state index in [1.807, 2.05) is 36.4 Å². The van der Waals surface area contributed by atoms with Crippen molar-refractivity contribution in [3.05, 3.63) is 54.6 Å². The van der Waals surface area contributed by atoms with Gasteiger partial charge in [-0.25, -0.2) is 19.7 Å². The number of urea groups is 1. The van der Waals surface area contributed by atoms with Crippen molar-refractivity contribution in [2.24, 2.45) is 0 Å². The second-order valence-electron chi connectivity index (χ2n) is 9.22. The summed E-state index contributed by atoms with van der Waals surface area (Å²) in [5, 5.41) is 14.3. The molecule has 14 heteroatoms. The van der Waals surface area contributed by atoms with Gasteiger partial charge >= 0.3 is 12.0 Å². The number of nitrogens with one attached hydrogen (secondary N) is 2. The van der Waals surface area contributed by atoms with Crippen molar-refractivity contribution in [3.8, 4) is 0 Å². The number of ether oxygens (including phenoxy) is 3. The van der Waals surface area contributed by atoms with Crippen LogP contribution in [-0.4, -0.2) is 92.2 Å². The van der Waals surface area contributed by atoms with Crippen molar-refractivity contribution in [1.82, 2.24) is 29.7 Å². The maximum Gasteiger partial charge on any atom is 0.320 e. The average Bonchev–Trinajstić information content (AvgIpc) is 3.65. The number of amides is 3. The molecule has 0 spiro atoms. The zero-order valence-corrected chi connectivity index (χ0v) is 21.8. The van der Waals surface area contributed by atoms with Gasteiger partial charge in [0, 0.05) is 20.1 Å². The van der Waals surface area contributed by atoms with Crippen LogP contribution in [-0.2, 0) is 23.8 Å². The molecule has 2 aromatic heterocycles. The Morgan fingerprint density at radius 3 is 2.62 bits per heavy atom. The van der Waals surface area contributed by atoms with Gasteiger partial charge in [0.2, 0.25) is 0 Å². The molecule has 3 amide bonds. The summed E-state index contributed by atoms with van der Waals surface area (Å²) in [6, 6.07) is 9.18. The summed E-state index contributed by atoms with van der Waals surface area (Å²) in [6.45, 7) is 2.23. The molecule has 14 nitrogen and oxygen atoms in total. The normalized spacial score (nSPS) is 23.8. The van der Waals surface area contributed by atoms with Crippen molar-refractivity contribution < 1.29 is 33.7 Å². The Hall–Kier alpha value is -4.40. The highest BCUT2D eigenvalue weighted by Crippen LogP contribution is 2.41. The molecule has 0 aliphatic carbocycles. The first-order valence-corrected chi connectivity index (χ1v) is 12.7. The van der Waals surface area contributed by atoms with Crippen LogP contribution in [0.5, 0.6) is 0 Å². The molecular formula is C26H29N7O7. The molecule has 0 saturated carbocycles. The third kappa shape index (κ3) is 5.64. The highest BCUT2D eigenvalue weighted by atomic mass is 16.8. The first-order valence-electron chi connectivity index (χ1n) is 12.7. The fourth-order valence-corrected chi connectivity index (χ4v) is 4.57. The summed E-state index contributed by atoms with van der Waals surface area (Å²) < 4.78 is 20.1. The smallest absolute Gasteiger partial charge is 0.320 e. The second-order valence-corrected chi connectivity index (χ2v) is 9.22. The minimum atomic E-state index is -1.07. The molecule has 2 aliphatic heterocycles. The van der Waals surface area contributed by atoms with E-state index in [2.05, 4.69) is 25.6 Å². The zero-order valence-electron chi connectivity index (χ0n) is 21.8. The van der Waals surface area contributed by atoms with Gasteiger partial charge in [-0.3, -0.25) is 19.5 Å². The van der Waals surface area contributed by atoms with E-state index in [0.29, 0.717) is 17.7 Å². The summed E-state index contributed by atoms with van der Waals surface area (Å²) in [7, 11) is 1.51. The van der Waals surface area contributed by atoms with Crippen LogP contribution in [0.1, 0.15) is 25.1 Å². The Morgan fingerprint density at radius 1 is 1.10 bits per heavy atom. The summed E-state index contributed by atoms with van der Waals surface area (Å²) in [6.07, 6.45) is 1.95. The van der Waals surface area contributed by atoms with Gasteiger partial charge in [-0.15, -0.1) is 0 Å². The number of nitrogens with zero attached hydrogens (tertiary/aromatic N) is 5. The molecule has 4 heterocycles. The summed E-state index contributed by atoms with van der Waals surface area (Å²) in [5.41, 5.74) is 1.62. The maximum atomic E-state index is 13.4. The lowest BCUT2D eigenvalue weighted by atomic mass is 10.1. The van der Waals surface area contributed by atoms with Crippen molar-refractivity contribution in [2.75, 3.05) is 25.5 Å². The van der Waals surface area contributed by atoms with Crippen LogP contribution in [0.25, 0.3) is 17.2 Å². The largest absolute Gasteiger partial charge is 0.481 e. The lowest BCUT2D eigenvalue weighted by molar-refractivity contribution is -0.160. The van der Waals surface area contributed by atoms with Gasteiger partial charge in [0.1, 0.15) is 18.5 Å². The predicted octanol–water partition coefficient (Wildman–Crippen LogP) is 1.62. The van der Waals surface area contributed by atoms with E-state index in [1.165, 1.54) is 24.6 Å². The number of carboxylic acids is 1. The fourth-order valence-electron chi connectivity index (χ4n) is 4.57. The van der Waals surface area contributed by atoms with E-state index in [9.17, 15) is 14.4 Å². The number of anilines is 1. The Morgan fingerprint density at radius 2 is 1.88 bits per heavy atom. The monoisotopic (exact) mass is 551 g/mol. The zero-order chi connectivity index (χ0) is 28.2. The topological polar surface area (TPSA) is 170 Å². The molecule has 5 rings (SSSR count). The number of benzene rings is 1. The Kier molecular flexibility index (Phi) is 8.00. The Labute approximate surface area is 229 Å². The van der Waals surface area contributed by atoms with Crippen LogP contribution in [0.15, 0.2) is 49.1 Å². The summed E-state index contributed by atoms with van der Waals surface area (Å²) >= 11 is 0. The van der Waals surface area contributed by atoms with E-state index < -0.39 is 48.7 Å². The molecule has 40 heavy (non-hydrogen) atoms.